The number of amides is 2. The van der Waals surface area contributed by atoms with Gasteiger partial charge >= 0.3 is 0 Å². The molecular formula is C29H33N3O5S2. The predicted molar refractivity (Wildman–Crippen MR) is 153 cm³/mol. The number of anilines is 2. The maximum Gasteiger partial charge on any atom is 0.258 e. The summed E-state index contributed by atoms with van der Waals surface area (Å²) in [4.78, 5) is 29.5. The van der Waals surface area contributed by atoms with E-state index in [1.807, 2.05) is 36.4 Å². The topological polar surface area (TPSA) is 96.0 Å². The standard InChI is InChI=1S/C29H33N3O5S2/c1-37-16-6-15-32-24-13-12-23(21-9-4-10-22(27(21)24)29(32)34)30-28(33)20-8-5-14-31(18-20)39(35,36)26-17-19-7-2-3-11-25(19)38-26/h4,9-10,12-13,17,20H,2-3,5-8,11,14-16,18H2,1H3,(H,30,33). The van der Waals surface area contributed by atoms with Crippen molar-refractivity contribution >= 4 is 55.3 Å². The number of nitrogens with zero attached hydrogens (tertiary/aromatic N) is 2. The van der Waals surface area contributed by atoms with Gasteiger partial charge in [0.25, 0.3) is 15.9 Å². The first-order chi connectivity index (χ1) is 18.9. The van der Waals surface area contributed by atoms with Crippen molar-refractivity contribution in [1.82, 2.24) is 4.31 Å². The number of fused-ring (bicyclic) bond motifs is 1. The Morgan fingerprint density at radius 3 is 2.82 bits per heavy atom. The molecule has 206 valence electrons. The zero-order valence-electron chi connectivity index (χ0n) is 22.1. The van der Waals surface area contributed by atoms with Crippen LogP contribution in [0.5, 0.6) is 0 Å². The predicted octanol–water partition coefficient (Wildman–Crippen LogP) is 4.82. The first-order valence-corrected chi connectivity index (χ1v) is 15.9. The molecule has 1 aliphatic carbocycles. The number of hydrogen-bond acceptors (Lipinski definition) is 6. The highest BCUT2D eigenvalue weighted by molar-refractivity contribution is 7.91. The number of rotatable bonds is 8. The molecule has 1 saturated heterocycles. The molecule has 6 rings (SSSR count). The van der Waals surface area contributed by atoms with E-state index < -0.39 is 15.9 Å². The fraction of sp³-hybridized carbons (Fsp3) is 0.448. The van der Waals surface area contributed by atoms with E-state index >= 15 is 0 Å². The molecule has 1 aromatic heterocycles. The van der Waals surface area contributed by atoms with E-state index in [4.69, 9.17) is 4.74 Å². The van der Waals surface area contributed by atoms with E-state index in [-0.39, 0.29) is 18.4 Å². The number of ether oxygens (including phenoxy) is 1. The lowest BCUT2D eigenvalue weighted by Crippen LogP contribution is -2.43. The highest BCUT2D eigenvalue weighted by atomic mass is 32.2. The molecule has 0 saturated carbocycles. The van der Waals surface area contributed by atoms with Crippen LogP contribution in [0, 0.1) is 5.92 Å². The number of carbonyl (C=O) groups excluding carboxylic acids is 2. The molecule has 2 aliphatic heterocycles. The second-order valence-corrected chi connectivity index (χ2v) is 13.9. The normalized spacial score (nSPS) is 19.5. The van der Waals surface area contributed by atoms with Crippen molar-refractivity contribution < 1.29 is 22.7 Å². The van der Waals surface area contributed by atoms with Gasteiger partial charge in [0.05, 0.1) is 11.6 Å². The number of carbonyl (C=O) groups is 2. The summed E-state index contributed by atoms with van der Waals surface area (Å²) in [7, 11) is -1.99. The zero-order valence-corrected chi connectivity index (χ0v) is 23.7. The quantitative estimate of drug-likeness (QED) is 0.394. The van der Waals surface area contributed by atoms with Crippen LogP contribution in [-0.4, -0.2) is 57.9 Å². The molecule has 1 atom stereocenters. The van der Waals surface area contributed by atoms with Crippen LogP contribution in [0.4, 0.5) is 11.4 Å². The monoisotopic (exact) mass is 567 g/mol. The Bertz CT molecular complexity index is 1520. The minimum atomic E-state index is -3.64. The van der Waals surface area contributed by atoms with Crippen molar-refractivity contribution in [2.75, 3.05) is 43.6 Å². The van der Waals surface area contributed by atoms with E-state index in [9.17, 15) is 18.0 Å². The van der Waals surface area contributed by atoms with Gasteiger partial charge < -0.3 is 15.0 Å². The van der Waals surface area contributed by atoms with Gasteiger partial charge in [-0.15, -0.1) is 11.3 Å². The van der Waals surface area contributed by atoms with Crippen LogP contribution in [0.1, 0.15) is 52.9 Å². The molecule has 10 heteroatoms. The number of piperidine rings is 1. The number of hydrogen-bond donors (Lipinski definition) is 1. The summed E-state index contributed by atoms with van der Waals surface area (Å²) in [5.74, 6) is -0.681. The molecule has 1 fully saturated rings. The van der Waals surface area contributed by atoms with Gasteiger partial charge in [-0.25, -0.2) is 8.42 Å². The highest BCUT2D eigenvalue weighted by Crippen LogP contribution is 2.41. The lowest BCUT2D eigenvalue weighted by molar-refractivity contribution is -0.120. The smallest absolute Gasteiger partial charge is 0.258 e. The lowest BCUT2D eigenvalue weighted by Gasteiger charge is -2.31. The molecule has 3 aliphatic rings. The number of thiophene rings is 1. The molecule has 0 spiro atoms. The van der Waals surface area contributed by atoms with Crippen LogP contribution in [0.3, 0.4) is 0 Å². The summed E-state index contributed by atoms with van der Waals surface area (Å²) in [6.07, 6.45) is 6.10. The highest BCUT2D eigenvalue weighted by Gasteiger charge is 2.36. The van der Waals surface area contributed by atoms with E-state index in [0.29, 0.717) is 48.0 Å². The van der Waals surface area contributed by atoms with Gasteiger partial charge in [-0.2, -0.15) is 4.31 Å². The third kappa shape index (κ3) is 4.77. The van der Waals surface area contributed by atoms with Gasteiger partial charge in [0, 0.05) is 60.3 Å². The third-order valence-corrected chi connectivity index (χ3v) is 11.6. The Kier molecular flexibility index (Phi) is 7.22. The summed E-state index contributed by atoms with van der Waals surface area (Å²) < 4.78 is 34.1. The largest absolute Gasteiger partial charge is 0.385 e. The van der Waals surface area contributed by atoms with E-state index in [2.05, 4.69) is 5.32 Å². The van der Waals surface area contributed by atoms with Crippen LogP contribution < -0.4 is 10.2 Å². The number of benzene rings is 2. The Labute approximate surface area is 233 Å². The van der Waals surface area contributed by atoms with Gasteiger partial charge in [-0.1, -0.05) is 12.1 Å². The Morgan fingerprint density at radius 1 is 1.15 bits per heavy atom. The third-order valence-electron chi connectivity index (χ3n) is 8.10. The molecule has 3 aromatic rings. The van der Waals surface area contributed by atoms with Crippen LogP contribution >= 0.6 is 11.3 Å². The molecule has 1 unspecified atom stereocenters. The molecule has 0 radical (unpaired) electrons. The molecule has 8 nitrogen and oxygen atoms in total. The second kappa shape index (κ2) is 10.6. The second-order valence-electron chi connectivity index (χ2n) is 10.6. The van der Waals surface area contributed by atoms with Crippen LogP contribution in [0.2, 0.25) is 0 Å². The molecule has 3 heterocycles. The maximum absolute atomic E-state index is 13.5. The fourth-order valence-corrected chi connectivity index (χ4v) is 9.38. The van der Waals surface area contributed by atoms with Crippen molar-refractivity contribution in [1.29, 1.82) is 0 Å². The molecule has 2 aromatic carbocycles. The van der Waals surface area contributed by atoms with Crippen molar-refractivity contribution in [3.8, 4) is 0 Å². The molecule has 0 bridgehead atoms. The van der Waals surface area contributed by atoms with Crippen molar-refractivity contribution in [3.63, 3.8) is 0 Å². The number of nitrogens with one attached hydrogen (secondary N) is 1. The average molecular weight is 568 g/mol. The average Bonchev–Trinajstić information content (AvgIpc) is 3.51. The van der Waals surface area contributed by atoms with E-state index in [1.54, 1.807) is 12.0 Å². The molecular weight excluding hydrogens is 534 g/mol. The number of methoxy groups -OCH3 is 1. The molecule has 1 N–H and O–H groups in total. The van der Waals surface area contributed by atoms with Crippen molar-refractivity contribution in [3.05, 3.63) is 52.4 Å². The maximum atomic E-state index is 13.5. The Hall–Kier alpha value is -2.79. The first kappa shape index (κ1) is 26.4. The molecule has 2 amide bonds. The minimum absolute atomic E-state index is 0.0430. The van der Waals surface area contributed by atoms with E-state index in [0.717, 1.165) is 48.6 Å². The zero-order chi connectivity index (χ0) is 27.1. The Balaban J connectivity index is 1.21. The summed E-state index contributed by atoms with van der Waals surface area (Å²) in [5, 5.41) is 4.71. The van der Waals surface area contributed by atoms with Gasteiger partial charge in [0.1, 0.15) is 4.21 Å². The SMILES string of the molecule is COCCCN1C(=O)c2cccc3c(NC(=O)C4CCCN(S(=O)(=O)c5cc6c(s5)CCCC6)C4)ccc1c23. The summed E-state index contributed by atoms with van der Waals surface area (Å²) in [6.45, 7) is 1.72. The van der Waals surface area contributed by atoms with E-state index in [1.165, 1.54) is 26.1 Å². The number of aryl methyl sites for hydroxylation is 2. The van der Waals surface area contributed by atoms with Gasteiger partial charge in [-0.05, 0) is 74.8 Å². The van der Waals surface area contributed by atoms with Crippen LogP contribution in [-0.2, 0) is 32.4 Å². The van der Waals surface area contributed by atoms with Crippen LogP contribution in [0.15, 0.2) is 40.6 Å². The van der Waals surface area contributed by atoms with Crippen molar-refractivity contribution in [2.24, 2.45) is 5.92 Å². The fourth-order valence-electron chi connectivity index (χ4n) is 6.07. The number of sulfonamides is 1. The van der Waals surface area contributed by atoms with Gasteiger partial charge in [-0.3, -0.25) is 9.59 Å². The summed E-state index contributed by atoms with van der Waals surface area (Å²) in [5.41, 5.74) is 3.27. The lowest BCUT2D eigenvalue weighted by atomic mass is 9.98. The summed E-state index contributed by atoms with van der Waals surface area (Å²) >= 11 is 1.40. The minimum Gasteiger partial charge on any atom is -0.385 e. The van der Waals surface area contributed by atoms with Crippen molar-refractivity contribution in [2.45, 2.75) is 49.2 Å². The van der Waals surface area contributed by atoms with Gasteiger partial charge in [0.15, 0.2) is 0 Å². The summed E-state index contributed by atoms with van der Waals surface area (Å²) in [6, 6.07) is 11.2. The van der Waals surface area contributed by atoms with Gasteiger partial charge in [0.2, 0.25) is 5.91 Å². The van der Waals surface area contributed by atoms with Crippen LogP contribution in [0.25, 0.3) is 10.8 Å². The first-order valence-electron chi connectivity index (χ1n) is 13.7. The Morgan fingerprint density at radius 2 is 2.00 bits per heavy atom. The molecule has 39 heavy (non-hydrogen) atoms.